The van der Waals surface area contributed by atoms with Crippen molar-refractivity contribution in [2.24, 2.45) is 0 Å². The molecule has 0 atom stereocenters. The lowest BCUT2D eigenvalue weighted by Crippen LogP contribution is -2.23. The zero-order valence-electron chi connectivity index (χ0n) is 11.1. The van der Waals surface area contributed by atoms with Gasteiger partial charge in [-0.05, 0) is 24.7 Å². The second-order valence-corrected chi connectivity index (χ2v) is 4.19. The van der Waals surface area contributed by atoms with Gasteiger partial charge in [-0.3, -0.25) is 4.90 Å². The van der Waals surface area contributed by atoms with E-state index in [-0.39, 0.29) is 6.61 Å². The maximum Gasteiger partial charge on any atom is 0.121 e. The molecular formula is C13H22N2O3. The molecule has 1 rings (SSSR count). The predicted octanol–water partition coefficient (Wildman–Crippen LogP) is 0.718. The zero-order valence-corrected chi connectivity index (χ0v) is 11.1. The van der Waals surface area contributed by atoms with E-state index in [1.807, 2.05) is 19.2 Å². The molecule has 102 valence electrons. The van der Waals surface area contributed by atoms with Gasteiger partial charge >= 0.3 is 0 Å². The van der Waals surface area contributed by atoms with Crippen LogP contribution in [0.15, 0.2) is 18.2 Å². The normalized spacial score (nSPS) is 10.9. The van der Waals surface area contributed by atoms with Crippen molar-refractivity contribution in [2.75, 3.05) is 46.3 Å². The molecule has 1 aromatic rings. The van der Waals surface area contributed by atoms with Gasteiger partial charge in [0.25, 0.3) is 0 Å². The average molecular weight is 254 g/mol. The minimum atomic E-state index is 0.0656. The summed E-state index contributed by atoms with van der Waals surface area (Å²) >= 11 is 0. The van der Waals surface area contributed by atoms with Crippen molar-refractivity contribution in [1.29, 1.82) is 0 Å². The number of likely N-dealkylation sites (N-methyl/N-ethyl adjacent to an activating group) is 1. The van der Waals surface area contributed by atoms with Gasteiger partial charge in [-0.25, -0.2) is 0 Å². The van der Waals surface area contributed by atoms with Gasteiger partial charge in [0.05, 0.1) is 26.9 Å². The van der Waals surface area contributed by atoms with E-state index < -0.39 is 0 Å². The quantitative estimate of drug-likeness (QED) is 0.528. The molecule has 0 radical (unpaired) electrons. The Kier molecular flexibility index (Phi) is 6.49. The number of nitrogens with zero attached hydrogens (tertiary/aromatic N) is 1. The summed E-state index contributed by atoms with van der Waals surface area (Å²) < 4.78 is 10.4. The standard InChI is InChI=1S/C13H22N2O3/c1-15(3-5-18-6-4-16)10-11-7-12(14)9-13(8-11)17-2/h7-9,16H,3-6,10,14H2,1-2H3. The van der Waals surface area contributed by atoms with Crippen LogP contribution in [0, 0.1) is 0 Å². The first-order chi connectivity index (χ1) is 8.65. The average Bonchev–Trinajstić information content (AvgIpc) is 2.34. The monoisotopic (exact) mass is 254 g/mol. The lowest BCUT2D eigenvalue weighted by Gasteiger charge is -2.17. The number of nitrogens with two attached hydrogens (primary N) is 1. The summed E-state index contributed by atoms with van der Waals surface area (Å²) in [6, 6.07) is 5.71. The Labute approximate surface area is 108 Å². The summed E-state index contributed by atoms with van der Waals surface area (Å²) in [4.78, 5) is 2.13. The molecule has 0 unspecified atom stereocenters. The molecule has 0 amide bonds. The lowest BCUT2D eigenvalue weighted by molar-refractivity contribution is 0.0773. The summed E-state index contributed by atoms with van der Waals surface area (Å²) in [5, 5.41) is 8.59. The summed E-state index contributed by atoms with van der Waals surface area (Å²) in [5.41, 5.74) is 7.61. The van der Waals surface area contributed by atoms with Crippen molar-refractivity contribution in [2.45, 2.75) is 6.54 Å². The van der Waals surface area contributed by atoms with Crippen LogP contribution in [-0.2, 0) is 11.3 Å². The number of aliphatic hydroxyl groups is 1. The molecule has 0 bridgehead atoms. The van der Waals surface area contributed by atoms with Crippen molar-refractivity contribution in [3.63, 3.8) is 0 Å². The molecule has 0 aliphatic carbocycles. The molecule has 0 fully saturated rings. The van der Waals surface area contributed by atoms with Crippen LogP contribution in [0.25, 0.3) is 0 Å². The van der Waals surface area contributed by atoms with Crippen LogP contribution in [0.2, 0.25) is 0 Å². The van der Waals surface area contributed by atoms with Crippen molar-refractivity contribution < 1.29 is 14.6 Å². The molecule has 0 aromatic heterocycles. The fourth-order valence-corrected chi connectivity index (χ4v) is 1.67. The van der Waals surface area contributed by atoms with Gasteiger partial charge in [0.2, 0.25) is 0 Å². The lowest BCUT2D eigenvalue weighted by atomic mass is 10.2. The molecule has 0 spiro atoms. The van der Waals surface area contributed by atoms with E-state index in [0.717, 1.165) is 24.4 Å². The van der Waals surface area contributed by atoms with Gasteiger partial charge in [0.15, 0.2) is 0 Å². The van der Waals surface area contributed by atoms with Crippen LogP contribution in [0.5, 0.6) is 5.75 Å². The first-order valence-electron chi connectivity index (χ1n) is 5.96. The highest BCUT2D eigenvalue weighted by atomic mass is 16.5. The van der Waals surface area contributed by atoms with E-state index in [0.29, 0.717) is 18.9 Å². The molecule has 1 aromatic carbocycles. The fraction of sp³-hybridized carbons (Fsp3) is 0.538. The molecule has 18 heavy (non-hydrogen) atoms. The summed E-state index contributed by atoms with van der Waals surface area (Å²) in [6.45, 7) is 2.65. The van der Waals surface area contributed by atoms with Crippen LogP contribution in [-0.4, -0.2) is 50.5 Å². The van der Waals surface area contributed by atoms with Gasteiger partial charge in [-0.15, -0.1) is 0 Å². The number of aliphatic hydroxyl groups excluding tert-OH is 1. The molecule has 0 heterocycles. The number of methoxy groups -OCH3 is 1. The largest absolute Gasteiger partial charge is 0.497 e. The van der Waals surface area contributed by atoms with E-state index in [2.05, 4.69) is 4.90 Å². The van der Waals surface area contributed by atoms with Crippen LogP contribution in [0.4, 0.5) is 5.69 Å². The molecule has 0 saturated heterocycles. The van der Waals surface area contributed by atoms with Gasteiger partial charge in [-0.2, -0.15) is 0 Å². The highest BCUT2D eigenvalue weighted by Crippen LogP contribution is 2.19. The number of benzene rings is 1. The zero-order chi connectivity index (χ0) is 13.4. The van der Waals surface area contributed by atoms with Crippen molar-refractivity contribution in [3.05, 3.63) is 23.8 Å². The van der Waals surface area contributed by atoms with Gasteiger partial charge < -0.3 is 20.3 Å². The van der Waals surface area contributed by atoms with E-state index in [9.17, 15) is 0 Å². The minimum absolute atomic E-state index is 0.0656. The van der Waals surface area contributed by atoms with Crippen molar-refractivity contribution >= 4 is 5.69 Å². The van der Waals surface area contributed by atoms with E-state index >= 15 is 0 Å². The SMILES string of the molecule is COc1cc(N)cc(CN(C)CCOCCO)c1. The highest BCUT2D eigenvalue weighted by molar-refractivity contribution is 5.47. The second-order valence-electron chi connectivity index (χ2n) is 4.19. The first-order valence-corrected chi connectivity index (χ1v) is 5.96. The van der Waals surface area contributed by atoms with E-state index in [1.54, 1.807) is 13.2 Å². The van der Waals surface area contributed by atoms with Crippen molar-refractivity contribution in [3.8, 4) is 5.75 Å². The number of ether oxygens (including phenoxy) is 2. The number of hydrogen-bond donors (Lipinski definition) is 2. The molecule has 0 saturated carbocycles. The first kappa shape index (κ1) is 14.8. The Hall–Kier alpha value is -1.30. The number of rotatable bonds is 8. The van der Waals surface area contributed by atoms with Gasteiger partial charge in [0.1, 0.15) is 5.75 Å². The molecule has 3 N–H and O–H groups in total. The third-order valence-electron chi connectivity index (χ3n) is 2.53. The van der Waals surface area contributed by atoms with Gasteiger partial charge in [0, 0.05) is 24.8 Å². The van der Waals surface area contributed by atoms with Crippen LogP contribution < -0.4 is 10.5 Å². The summed E-state index contributed by atoms with van der Waals surface area (Å²) in [7, 11) is 3.64. The number of nitrogen functional groups attached to an aromatic ring is 1. The summed E-state index contributed by atoms with van der Waals surface area (Å²) in [5.74, 6) is 0.773. The van der Waals surface area contributed by atoms with Crippen LogP contribution in [0.3, 0.4) is 0 Å². The fourth-order valence-electron chi connectivity index (χ4n) is 1.67. The maximum atomic E-state index is 8.59. The molecule has 0 aliphatic heterocycles. The Morgan fingerprint density at radius 2 is 2.06 bits per heavy atom. The van der Waals surface area contributed by atoms with Crippen LogP contribution in [0.1, 0.15) is 5.56 Å². The topological polar surface area (TPSA) is 68.0 Å². The predicted molar refractivity (Wildman–Crippen MR) is 71.6 cm³/mol. The van der Waals surface area contributed by atoms with Crippen LogP contribution >= 0.6 is 0 Å². The molecule has 5 heteroatoms. The summed E-state index contributed by atoms with van der Waals surface area (Å²) in [6.07, 6.45) is 0. The number of hydrogen-bond acceptors (Lipinski definition) is 5. The smallest absolute Gasteiger partial charge is 0.121 e. The molecule has 0 aliphatic rings. The third kappa shape index (κ3) is 5.35. The van der Waals surface area contributed by atoms with E-state index in [4.69, 9.17) is 20.3 Å². The third-order valence-corrected chi connectivity index (χ3v) is 2.53. The van der Waals surface area contributed by atoms with Gasteiger partial charge in [-0.1, -0.05) is 0 Å². The maximum absolute atomic E-state index is 8.59. The molecular weight excluding hydrogens is 232 g/mol. The number of anilines is 1. The minimum Gasteiger partial charge on any atom is -0.497 e. The molecule has 5 nitrogen and oxygen atoms in total. The highest BCUT2D eigenvalue weighted by Gasteiger charge is 2.03. The Bertz CT molecular complexity index is 358. The Morgan fingerprint density at radius 3 is 2.72 bits per heavy atom. The Morgan fingerprint density at radius 1 is 1.28 bits per heavy atom. The van der Waals surface area contributed by atoms with E-state index in [1.165, 1.54) is 0 Å². The van der Waals surface area contributed by atoms with Crippen molar-refractivity contribution in [1.82, 2.24) is 4.90 Å². The second kappa shape index (κ2) is 7.92. The Balaban J connectivity index is 2.43.